The Morgan fingerprint density at radius 2 is 1.60 bits per heavy atom. The van der Waals surface area contributed by atoms with E-state index < -0.39 is 6.36 Å². The van der Waals surface area contributed by atoms with Gasteiger partial charge in [-0.25, -0.2) is 9.97 Å². The molecule has 1 aromatic heterocycles. The molecule has 0 amide bonds. The largest absolute Gasteiger partial charge is 0.573 e. The standard InChI is InChI=1S/C35H31F3N4O/c1-24-14-15-26(23-41-20-8-10-27-9-6-7-13-31(27)41)21-32(24)42(29-11-4-3-5-12-29)34-39-22-25(2)33(40-34)28-16-18-30(19-17-28)43-35(36,37)38/h3-7,9,11-19,21-22H,8,10,20,23H2,1-2H3. The molecule has 1 aliphatic rings. The Morgan fingerprint density at radius 3 is 2.37 bits per heavy atom. The highest BCUT2D eigenvalue weighted by molar-refractivity contribution is 5.77. The molecule has 0 unspecified atom stereocenters. The first-order valence-electron chi connectivity index (χ1n) is 14.2. The first-order valence-corrected chi connectivity index (χ1v) is 14.2. The topological polar surface area (TPSA) is 41.5 Å². The lowest BCUT2D eigenvalue weighted by molar-refractivity contribution is -0.274. The molecule has 0 radical (unpaired) electrons. The van der Waals surface area contributed by atoms with Crippen molar-refractivity contribution in [1.29, 1.82) is 0 Å². The first-order chi connectivity index (χ1) is 20.7. The van der Waals surface area contributed by atoms with Crippen LogP contribution >= 0.6 is 0 Å². The summed E-state index contributed by atoms with van der Waals surface area (Å²) in [4.78, 5) is 14.2. The minimum atomic E-state index is -4.75. The SMILES string of the molecule is Cc1ccc(CN2CCCc3ccccc32)cc1N(c1ccccc1)c1ncc(C)c(-c2ccc(OC(F)(F)F)cc2)n1. The minimum Gasteiger partial charge on any atom is -0.406 e. The van der Waals surface area contributed by atoms with Gasteiger partial charge in [0.1, 0.15) is 5.75 Å². The second-order valence-electron chi connectivity index (χ2n) is 10.7. The molecule has 2 heterocycles. The number of anilines is 4. The lowest BCUT2D eigenvalue weighted by Gasteiger charge is -2.32. The van der Waals surface area contributed by atoms with Crippen LogP contribution in [0.4, 0.5) is 36.2 Å². The summed E-state index contributed by atoms with van der Waals surface area (Å²) < 4.78 is 42.2. The van der Waals surface area contributed by atoms with E-state index in [1.165, 1.54) is 28.9 Å². The molecule has 0 N–H and O–H groups in total. The van der Waals surface area contributed by atoms with E-state index >= 15 is 0 Å². The van der Waals surface area contributed by atoms with E-state index in [2.05, 4.69) is 59.0 Å². The number of fused-ring (bicyclic) bond motifs is 1. The average molecular weight is 581 g/mol. The average Bonchev–Trinajstić information content (AvgIpc) is 3.00. The number of rotatable bonds is 7. The number of para-hydroxylation sites is 2. The van der Waals surface area contributed by atoms with Gasteiger partial charge >= 0.3 is 6.36 Å². The number of hydrogen-bond donors (Lipinski definition) is 0. The van der Waals surface area contributed by atoms with Crippen LogP contribution in [-0.4, -0.2) is 22.9 Å². The highest BCUT2D eigenvalue weighted by Gasteiger charge is 2.31. The van der Waals surface area contributed by atoms with Gasteiger partial charge in [-0.1, -0.05) is 48.5 Å². The number of aromatic nitrogens is 2. The minimum absolute atomic E-state index is 0.280. The number of halogens is 3. The monoisotopic (exact) mass is 580 g/mol. The second-order valence-corrected chi connectivity index (χ2v) is 10.7. The van der Waals surface area contributed by atoms with Gasteiger partial charge < -0.3 is 9.64 Å². The second kappa shape index (κ2) is 11.8. The smallest absolute Gasteiger partial charge is 0.406 e. The number of alkyl halides is 3. The fourth-order valence-electron chi connectivity index (χ4n) is 5.58. The zero-order valence-electron chi connectivity index (χ0n) is 24.0. The summed E-state index contributed by atoms with van der Waals surface area (Å²) in [7, 11) is 0. The summed E-state index contributed by atoms with van der Waals surface area (Å²) in [6, 6.07) is 30.8. The van der Waals surface area contributed by atoms with Gasteiger partial charge in [0.25, 0.3) is 0 Å². The van der Waals surface area contributed by atoms with Crippen LogP contribution in [0.1, 0.15) is 28.7 Å². The molecule has 8 heteroatoms. The van der Waals surface area contributed by atoms with Crippen molar-refractivity contribution in [2.45, 2.75) is 39.6 Å². The lowest BCUT2D eigenvalue weighted by atomic mass is 10.0. The molecule has 0 spiro atoms. The number of benzene rings is 4. The van der Waals surface area contributed by atoms with Crippen molar-refractivity contribution in [3.05, 3.63) is 126 Å². The molecule has 0 fully saturated rings. The van der Waals surface area contributed by atoms with E-state index in [1.807, 2.05) is 42.2 Å². The van der Waals surface area contributed by atoms with Crippen molar-refractivity contribution < 1.29 is 17.9 Å². The zero-order valence-corrected chi connectivity index (χ0v) is 24.0. The Bertz CT molecular complexity index is 1720. The van der Waals surface area contributed by atoms with Crippen molar-refractivity contribution in [2.24, 2.45) is 0 Å². The third-order valence-corrected chi connectivity index (χ3v) is 7.63. The molecule has 1 aliphatic heterocycles. The van der Waals surface area contributed by atoms with E-state index in [9.17, 15) is 13.2 Å². The molecule has 43 heavy (non-hydrogen) atoms. The molecule has 5 aromatic rings. The predicted octanol–water partition coefficient (Wildman–Crippen LogP) is 9.08. The van der Waals surface area contributed by atoms with Crippen LogP contribution in [0.3, 0.4) is 0 Å². The Morgan fingerprint density at radius 1 is 0.860 bits per heavy atom. The van der Waals surface area contributed by atoms with Crippen LogP contribution in [-0.2, 0) is 13.0 Å². The van der Waals surface area contributed by atoms with Gasteiger partial charge in [0.2, 0.25) is 5.95 Å². The van der Waals surface area contributed by atoms with Crippen LogP contribution in [0.2, 0.25) is 0 Å². The molecule has 5 nitrogen and oxygen atoms in total. The summed E-state index contributed by atoms with van der Waals surface area (Å²) in [6.07, 6.45) is -0.787. The van der Waals surface area contributed by atoms with Crippen LogP contribution < -0.4 is 14.5 Å². The summed E-state index contributed by atoms with van der Waals surface area (Å²) in [5, 5.41) is 0. The van der Waals surface area contributed by atoms with Crippen molar-refractivity contribution in [1.82, 2.24) is 9.97 Å². The molecular weight excluding hydrogens is 549 g/mol. The Hall–Kier alpha value is -4.85. The fraction of sp³-hybridized carbons (Fsp3) is 0.200. The number of nitrogens with zero attached hydrogens (tertiary/aromatic N) is 4. The van der Waals surface area contributed by atoms with Gasteiger partial charge in [0.05, 0.1) is 11.4 Å². The van der Waals surface area contributed by atoms with Crippen LogP contribution in [0, 0.1) is 13.8 Å². The summed E-state index contributed by atoms with van der Waals surface area (Å²) in [5.74, 6) is 0.184. The van der Waals surface area contributed by atoms with Gasteiger partial charge in [-0.3, -0.25) is 4.90 Å². The molecule has 218 valence electrons. The van der Waals surface area contributed by atoms with Crippen LogP contribution in [0.15, 0.2) is 103 Å². The van der Waals surface area contributed by atoms with Crippen LogP contribution in [0.25, 0.3) is 11.3 Å². The van der Waals surface area contributed by atoms with Gasteiger partial charge in [-0.05, 0) is 97.5 Å². The molecule has 0 saturated heterocycles. The maximum absolute atomic E-state index is 12.7. The van der Waals surface area contributed by atoms with Crippen molar-refractivity contribution in [2.75, 3.05) is 16.3 Å². The van der Waals surface area contributed by atoms with E-state index in [-0.39, 0.29) is 5.75 Å². The Kier molecular flexibility index (Phi) is 7.76. The normalized spacial score (nSPS) is 13.0. The molecular formula is C35H31F3N4O. The number of ether oxygens (including phenoxy) is 1. The van der Waals surface area contributed by atoms with Crippen molar-refractivity contribution >= 4 is 23.0 Å². The predicted molar refractivity (Wildman–Crippen MR) is 164 cm³/mol. The fourth-order valence-corrected chi connectivity index (χ4v) is 5.58. The van der Waals surface area contributed by atoms with Gasteiger partial charge in [0, 0.05) is 36.2 Å². The molecule has 6 rings (SSSR count). The molecule has 0 atom stereocenters. The van der Waals surface area contributed by atoms with Gasteiger partial charge in [0.15, 0.2) is 0 Å². The van der Waals surface area contributed by atoms with E-state index in [0.29, 0.717) is 17.2 Å². The van der Waals surface area contributed by atoms with E-state index in [4.69, 9.17) is 9.97 Å². The molecule has 4 aromatic carbocycles. The van der Waals surface area contributed by atoms with Gasteiger partial charge in [-0.15, -0.1) is 13.2 Å². The molecule has 0 saturated carbocycles. The molecule has 0 aliphatic carbocycles. The lowest BCUT2D eigenvalue weighted by Crippen LogP contribution is -2.28. The van der Waals surface area contributed by atoms with Crippen molar-refractivity contribution in [3.8, 4) is 17.0 Å². The zero-order chi connectivity index (χ0) is 30.0. The third kappa shape index (κ3) is 6.33. The van der Waals surface area contributed by atoms with Crippen LogP contribution in [0.5, 0.6) is 5.75 Å². The third-order valence-electron chi connectivity index (χ3n) is 7.63. The van der Waals surface area contributed by atoms with Crippen molar-refractivity contribution in [3.63, 3.8) is 0 Å². The highest BCUT2D eigenvalue weighted by atomic mass is 19.4. The summed E-state index contributed by atoms with van der Waals surface area (Å²) >= 11 is 0. The summed E-state index contributed by atoms with van der Waals surface area (Å²) in [6.45, 7) is 5.73. The van der Waals surface area contributed by atoms with E-state index in [1.54, 1.807) is 18.3 Å². The number of hydrogen-bond acceptors (Lipinski definition) is 5. The van der Waals surface area contributed by atoms with E-state index in [0.717, 1.165) is 48.4 Å². The highest BCUT2D eigenvalue weighted by Crippen LogP contribution is 2.37. The maximum Gasteiger partial charge on any atom is 0.573 e. The summed E-state index contributed by atoms with van der Waals surface area (Å²) in [5.41, 5.74) is 8.85. The Balaban J connectivity index is 1.38. The number of aryl methyl sites for hydroxylation is 3. The maximum atomic E-state index is 12.7. The van der Waals surface area contributed by atoms with Gasteiger partial charge in [-0.2, -0.15) is 0 Å². The Labute approximate surface area is 249 Å². The first kappa shape index (κ1) is 28.3. The molecule has 0 bridgehead atoms. The quantitative estimate of drug-likeness (QED) is 0.192.